The van der Waals surface area contributed by atoms with Crippen LogP contribution in [-0.2, 0) is 0 Å². The Labute approximate surface area is 107 Å². The lowest BCUT2D eigenvalue weighted by atomic mass is 10.1. The summed E-state index contributed by atoms with van der Waals surface area (Å²) in [5.74, 6) is -0.137. The Morgan fingerprint density at radius 1 is 1.38 bits per heavy atom. The predicted molar refractivity (Wildman–Crippen MR) is 69.3 cm³/mol. The molecule has 0 unspecified atom stereocenters. The monoisotopic (exact) mass is 262 g/mol. The SMILES string of the molecule is CC(C)(CN)NC(=O)c1ccc(Cl)cc1.Cl. The largest absolute Gasteiger partial charge is 0.346 e. The highest BCUT2D eigenvalue weighted by atomic mass is 35.5. The minimum atomic E-state index is -0.392. The predicted octanol–water partition coefficient (Wildman–Crippen LogP) is 2.23. The smallest absolute Gasteiger partial charge is 0.251 e. The van der Waals surface area contributed by atoms with Crippen molar-refractivity contribution in [2.75, 3.05) is 6.54 Å². The van der Waals surface area contributed by atoms with Crippen molar-refractivity contribution in [2.45, 2.75) is 19.4 Å². The molecule has 0 saturated carbocycles. The van der Waals surface area contributed by atoms with Gasteiger partial charge in [0.25, 0.3) is 5.91 Å². The summed E-state index contributed by atoms with van der Waals surface area (Å²) in [6.07, 6.45) is 0. The molecule has 0 aliphatic rings. The zero-order chi connectivity index (χ0) is 11.5. The van der Waals surface area contributed by atoms with Crippen molar-refractivity contribution in [3.05, 3.63) is 34.9 Å². The van der Waals surface area contributed by atoms with Crippen LogP contribution in [0.1, 0.15) is 24.2 Å². The topological polar surface area (TPSA) is 55.1 Å². The van der Waals surface area contributed by atoms with Gasteiger partial charge in [0.2, 0.25) is 0 Å². The molecule has 1 aromatic rings. The third kappa shape index (κ3) is 4.39. The van der Waals surface area contributed by atoms with Gasteiger partial charge < -0.3 is 11.1 Å². The number of benzene rings is 1. The van der Waals surface area contributed by atoms with E-state index in [1.807, 2.05) is 13.8 Å². The number of hydrogen-bond donors (Lipinski definition) is 2. The van der Waals surface area contributed by atoms with Crippen LogP contribution < -0.4 is 11.1 Å². The highest BCUT2D eigenvalue weighted by molar-refractivity contribution is 6.30. The lowest BCUT2D eigenvalue weighted by molar-refractivity contribution is 0.0916. The highest BCUT2D eigenvalue weighted by Gasteiger charge is 2.18. The van der Waals surface area contributed by atoms with Gasteiger partial charge in [-0.1, -0.05) is 11.6 Å². The molecule has 16 heavy (non-hydrogen) atoms. The lowest BCUT2D eigenvalue weighted by Crippen LogP contribution is -2.48. The van der Waals surface area contributed by atoms with Crippen molar-refractivity contribution in [3.63, 3.8) is 0 Å². The molecule has 0 aliphatic carbocycles. The van der Waals surface area contributed by atoms with Crippen LogP contribution in [0.2, 0.25) is 5.02 Å². The van der Waals surface area contributed by atoms with Gasteiger partial charge in [-0.3, -0.25) is 4.79 Å². The second kappa shape index (κ2) is 6.09. The molecule has 0 saturated heterocycles. The zero-order valence-corrected chi connectivity index (χ0v) is 10.9. The Hall–Kier alpha value is -0.770. The molecule has 0 heterocycles. The molecule has 0 atom stereocenters. The second-order valence-electron chi connectivity index (χ2n) is 4.05. The Balaban J connectivity index is 0.00000225. The Kier molecular flexibility index (Phi) is 5.79. The molecule has 1 amide bonds. The third-order valence-electron chi connectivity index (χ3n) is 2.07. The van der Waals surface area contributed by atoms with Gasteiger partial charge in [0.15, 0.2) is 0 Å². The van der Waals surface area contributed by atoms with E-state index in [2.05, 4.69) is 5.32 Å². The maximum absolute atomic E-state index is 11.7. The molecule has 1 rings (SSSR count). The van der Waals surface area contributed by atoms with Crippen LogP contribution >= 0.6 is 24.0 Å². The molecule has 5 heteroatoms. The lowest BCUT2D eigenvalue weighted by Gasteiger charge is -2.24. The van der Waals surface area contributed by atoms with Crippen LogP contribution in [0.5, 0.6) is 0 Å². The Morgan fingerprint density at radius 2 is 1.88 bits per heavy atom. The maximum atomic E-state index is 11.7. The van der Waals surface area contributed by atoms with E-state index in [1.165, 1.54) is 0 Å². The van der Waals surface area contributed by atoms with Crippen LogP contribution in [-0.4, -0.2) is 18.0 Å². The summed E-state index contributed by atoms with van der Waals surface area (Å²) in [5, 5.41) is 3.45. The fourth-order valence-electron chi connectivity index (χ4n) is 1.03. The van der Waals surface area contributed by atoms with Crippen LogP contribution in [0.25, 0.3) is 0 Å². The number of amides is 1. The summed E-state index contributed by atoms with van der Waals surface area (Å²) >= 11 is 5.73. The van der Waals surface area contributed by atoms with Gasteiger partial charge in [-0.15, -0.1) is 12.4 Å². The standard InChI is InChI=1S/C11H15ClN2O.ClH/c1-11(2,7-13)14-10(15)8-3-5-9(12)6-4-8;/h3-6H,7,13H2,1-2H3,(H,14,15);1H. The molecular weight excluding hydrogens is 247 g/mol. The normalized spacial score (nSPS) is 10.5. The number of rotatable bonds is 3. The first-order valence-corrected chi connectivity index (χ1v) is 5.10. The quantitative estimate of drug-likeness (QED) is 0.878. The average Bonchev–Trinajstić information content (AvgIpc) is 2.18. The molecule has 0 fully saturated rings. The number of carbonyl (C=O) groups is 1. The summed E-state index contributed by atoms with van der Waals surface area (Å²) in [6, 6.07) is 6.74. The first kappa shape index (κ1) is 15.2. The van der Waals surface area contributed by atoms with Crippen molar-refractivity contribution < 1.29 is 4.79 Å². The van der Waals surface area contributed by atoms with Gasteiger partial charge in [0.1, 0.15) is 0 Å². The zero-order valence-electron chi connectivity index (χ0n) is 9.29. The molecule has 3 nitrogen and oxygen atoms in total. The van der Waals surface area contributed by atoms with Gasteiger partial charge in [-0.2, -0.15) is 0 Å². The van der Waals surface area contributed by atoms with E-state index in [0.717, 1.165) is 0 Å². The minimum Gasteiger partial charge on any atom is -0.346 e. The molecule has 90 valence electrons. The van der Waals surface area contributed by atoms with Crippen LogP contribution in [0.15, 0.2) is 24.3 Å². The number of hydrogen-bond acceptors (Lipinski definition) is 2. The molecule has 0 aromatic heterocycles. The fourth-order valence-corrected chi connectivity index (χ4v) is 1.16. The molecule has 1 aromatic carbocycles. The Bertz CT molecular complexity index is 350. The third-order valence-corrected chi connectivity index (χ3v) is 2.32. The molecule has 3 N–H and O–H groups in total. The van der Waals surface area contributed by atoms with Gasteiger partial charge in [0.05, 0.1) is 0 Å². The number of nitrogens with one attached hydrogen (secondary N) is 1. The van der Waals surface area contributed by atoms with Crippen molar-refractivity contribution in [1.82, 2.24) is 5.32 Å². The van der Waals surface area contributed by atoms with Crippen molar-refractivity contribution >= 4 is 29.9 Å². The molecular formula is C11H16Cl2N2O. The van der Waals surface area contributed by atoms with E-state index in [0.29, 0.717) is 17.1 Å². The van der Waals surface area contributed by atoms with E-state index in [-0.39, 0.29) is 18.3 Å². The Morgan fingerprint density at radius 3 is 2.31 bits per heavy atom. The van der Waals surface area contributed by atoms with Crippen molar-refractivity contribution in [3.8, 4) is 0 Å². The van der Waals surface area contributed by atoms with E-state index < -0.39 is 5.54 Å². The molecule has 0 bridgehead atoms. The van der Waals surface area contributed by atoms with Crippen LogP contribution in [0.4, 0.5) is 0 Å². The van der Waals surface area contributed by atoms with Crippen LogP contribution in [0, 0.1) is 0 Å². The first-order valence-electron chi connectivity index (χ1n) is 4.73. The van der Waals surface area contributed by atoms with Gasteiger partial charge in [-0.05, 0) is 38.1 Å². The van der Waals surface area contributed by atoms with E-state index in [9.17, 15) is 4.79 Å². The van der Waals surface area contributed by atoms with Gasteiger partial charge in [0, 0.05) is 22.7 Å². The van der Waals surface area contributed by atoms with E-state index in [1.54, 1.807) is 24.3 Å². The summed E-state index contributed by atoms with van der Waals surface area (Å²) in [4.78, 5) is 11.7. The first-order chi connectivity index (χ1) is 6.94. The number of nitrogens with two attached hydrogens (primary N) is 1. The maximum Gasteiger partial charge on any atom is 0.251 e. The molecule has 0 spiro atoms. The van der Waals surface area contributed by atoms with Crippen molar-refractivity contribution in [2.24, 2.45) is 5.73 Å². The summed E-state index contributed by atoms with van der Waals surface area (Å²) in [6.45, 7) is 4.15. The average molecular weight is 263 g/mol. The summed E-state index contributed by atoms with van der Waals surface area (Å²) in [5.41, 5.74) is 5.71. The fraction of sp³-hybridized carbons (Fsp3) is 0.364. The summed E-state index contributed by atoms with van der Waals surface area (Å²) in [7, 11) is 0. The molecule has 0 radical (unpaired) electrons. The van der Waals surface area contributed by atoms with Gasteiger partial charge in [-0.25, -0.2) is 0 Å². The minimum absolute atomic E-state index is 0. The number of halogens is 2. The van der Waals surface area contributed by atoms with Gasteiger partial charge >= 0.3 is 0 Å². The second-order valence-corrected chi connectivity index (χ2v) is 4.49. The highest BCUT2D eigenvalue weighted by Crippen LogP contribution is 2.10. The molecule has 0 aliphatic heterocycles. The van der Waals surface area contributed by atoms with E-state index in [4.69, 9.17) is 17.3 Å². The number of carbonyl (C=O) groups excluding carboxylic acids is 1. The van der Waals surface area contributed by atoms with E-state index >= 15 is 0 Å². The summed E-state index contributed by atoms with van der Waals surface area (Å²) < 4.78 is 0. The van der Waals surface area contributed by atoms with Crippen molar-refractivity contribution in [1.29, 1.82) is 0 Å². The van der Waals surface area contributed by atoms with Crippen LogP contribution in [0.3, 0.4) is 0 Å².